The van der Waals surface area contributed by atoms with Crippen molar-refractivity contribution >= 4 is 0 Å². The molecule has 4 heterocycles. The van der Waals surface area contributed by atoms with Crippen molar-refractivity contribution in [2.24, 2.45) is 7.05 Å². The first-order valence-corrected chi connectivity index (χ1v) is 8.69. The summed E-state index contributed by atoms with van der Waals surface area (Å²) in [6.45, 7) is 0.710. The molecule has 1 saturated carbocycles. The Morgan fingerprint density at radius 1 is 1.20 bits per heavy atom. The third-order valence-electron chi connectivity index (χ3n) is 4.93. The van der Waals surface area contributed by atoms with E-state index >= 15 is 0 Å². The van der Waals surface area contributed by atoms with Crippen LogP contribution < -0.4 is 0 Å². The van der Waals surface area contributed by atoms with Gasteiger partial charge in [-0.1, -0.05) is 5.16 Å². The molecular formula is C17H19N5O3. The average molecular weight is 341 g/mol. The molecule has 3 aromatic rings. The van der Waals surface area contributed by atoms with Crippen molar-refractivity contribution < 1.29 is 13.7 Å². The van der Waals surface area contributed by atoms with E-state index in [9.17, 15) is 0 Å². The van der Waals surface area contributed by atoms with Gasteiger partial charge in [-0.25, -0.2) is 4.98 Å². The van der Waals surface area contributed by atoms with Crippen LogP contribution in [0.1, 0.15) is 61.0 Å². The number of imidazole rings is 1. The van der Waals surface area contributed by atoms with E-state index in [0.717, 1.165) is 24.4 Å². The van der Waals surface area contributed by atoms with Crippen LogP contribution in [0, 0.1) is 0 Å². The smallest absolute Gasteiger partial charge is 0.286 e. The number of ether oxygens (including phenoxy) is 1. The largest absolute Gasteiger partial charge is 0.418 e. The number of nitrogens with zero attached hydrogens (tertiary/aromatic N) is 5. The minimum atomic E-state index is -0.182. The van der Waals surface area contributed by atoms with Crippen LogP contribution in [0.15, 0.2) is 27.4 Å². The summed E-state index contributed by atoms with van der Waals surface area (Å²) in [6.07, 6.45) is 7.73. The molecule has 1 aliphatic carbocycles. The Kier molecular flexibility index (Phi) is 3.44. The van der Waals surface area contributed by atoms with Crippen molar-refractivity contribution in [3.63, 3.8) is 0 Å². The van der Waals surface area contributed by atoms with Crippen molar-refractivity contribution in [3.8, 4) is 11.7 Å². The minimum Gasteiger partial charge on any atom is -0.418 e. The highest BCUT2D eigenvalue weighted by Gasteiger charge is 2.36. The second-order valence-electron chi connectivity index (χ2n) is 6.77. The highest BCUT2D eigenvalue weighted by molar-refractivity contribution is 5.44. The molecule has 2 atom stereocenters. The van der Waals surface area contributed by atoms with Crippen LogP contribution in [0.5, 0.6) is 0 Å². The zero-order valence-corrected chi connectivity index (χ0v) is 14.0. The van der Waals surface area contributed by atoms with Gasteiger partial charge in [-0.2, -0.15) is 0 Å². The van der Waals surface area contributed by atoms with Crippen LogP contribution in [-0.2, 0) is 11.8 Å². The molecule has 3 aromatic heterocycles. The van der Waals surface area contributed by atoms with Gasteiger partial charge in [0, 0.05) is 38.0 Å². The highest BCUT2D eigenvalue weighted by Crippen LogP contribution is 2.42. The van der Waals surface area contributed by atoms with Crippen LogP contribution in [0.3, 0.4) is 0 Å². The SMILES string of the molecule is Cn1ccnc1[C@@H]1OCCC[C@H]1c1nnc(-c2cc(C3CC3)no2)o1. The topological polar surface area (TPSA) is 92.0 Å². The Balaban J connectivity index is 1.43. The zero-order chi connectivity index (χ0) is 16.8. The number of aryl methyl sites for hydroxylation is 1. The summed E-state index contributed by atoms with van der Waals surface area (Å²) in [5.74, 6) is 2.86. The summed E-state index contributed by atoms with van der Waals surface area (Å²) in [5.41, 5.74) is 0.974. The summed E-state index contributed by atoms with van der Waals surface area (Å²) in [4.78, 5) is 4.43. The molecule has 8 nitrogen and oxygen atoms in total. The van der Waals surface area contributed by atoms with Gasteiger partial charge in [-0.05, 0) is 25.7 Å². The lowest BCUT2D eigenvalue weighted by Gasteiger charge is -2.28. The fourth-order valence-electron chi connectivity index (χ4n) is 3.38. The molecular weight excluding hydrogens is 322 g/mol. The second-order valence-corrected chi connectivity index (χ2v) is 6.77. The molecule has 0 unspecified atom stereocenters. The third kappa shape index (κ3) is 2.66. The van der Waals surface area contributed by atoms with Gasteiger partial charge in [-0.3, -0.25) is 0 Å². The van der Waals surface area contributed by atoms with Crippen LogP contribution in [-0.4, -0.2) is 31.5 Å². The van der Waals surface area contributed by atoms with Crippen molar-refractivity contribution in [2.45, 2.75) is 43.6 Å². The van der Waals surface area contributed by atoms with Crippen molar-refractivity contribution in [3.05, 3.63) is 35.9 Å². The summed E-state index contributed by atoms with van der Waals surface area (Å²) < 4.78 is 19.2. The van der Waals surface area contributed by atoms with Crippen molar-refractivity contribution in [2.75, 3.05) is 6.61 Å². The maximum absolute atomic E-state index is 5.98. The molecule has 130 valence electrons. The Bertz CT molecular complexity index is 878. The van der Waals surface area contributed by atoms with E-state index in [1.807, 2.05) is 23.9 Å². The van der Waals surface area contributed by atoms with Crippen LogP contribution in [0.4, 0.5) is 0 Å². The summed E-state index contributed by atoms with van der Waals surface area (Å²) in [7, 11) is 1.96. The Morgan fingerprint density at radius 3 is 2.92 bits per heavy atom. The predicted octanol–water partition coefficient (Wildman–Crippen LogP) is 2.97. The predicted molar refractivity (Wildman–Crippen MR) is 85.6 cm³/mol. The van der Waals surface area contributed by atoms with Crippen LogP contribution in [0.2, 0.25) is 0 Å². The first kappa shape index (κ1) is 14.8. The first-order valence-electron chi connectivity index (χ1n) is 8.69. The summed E-state index contributed by atoms with van der Waals surface area (Å²) in [5, 5.41) is 12.5. The third-order valence-corrected chi connectivity index (χ3v) is 4.93. The van der Waals surface area contributed by atoms with E-state index in [0.29, 0.717) is 30.1 Å². The Labute approximate surface area is 144 Å². The van der Waals surface area contributed by atoms with E-state index in [1.165, 1.54) is 12.8 Å². The van der Waals surface area contributed by atoms with Gasteiger partial charge in [0.05, 0.1) is 11.6 Å². The molecule has 0 amide bonds. The highest BCUT2D eigenvalue weighted by atomic mass is 16.5. The molecule has 0 radical (unpaired) electrons. The lowest BCUT2D eigenvalue weighted by molar-refractivity contribution is -0.0156. The summed E-state index contributed by atoms with van der Waals surface area (Å²) in [6, 6.07) is 1.91. The fraction of sp³-hybridized carbons (Fsp3) is 0.529. The molecule has 0 aromatic carbocycles. The standard InChI is InChI=1S/C17H19N5O3/c1-22-7-6-18-15(22)14-11(3-2-8-23-14)16-19-20-17(24-16)13-9-12(21-25-13)10-4-5-10/h6-7,9-11,14H,2-5,8H2,1H3/t11-,14-/m1/s1. The maximum atomic E-state index is 5.98. The lowest BCUT2D eigenvalue weighted by atomic mass is 9.93. The van der Waals surface area contributed by atoms with Gasteiger partial charge >= 0.3 is 0 Å². The Morgan fingerprint density at radius 2 is 2.12 bits per heavy atom. The number of hydrogen-bond donors (Lipinski definition) is 0. The van der Waals surface area contributed by atoms with Gasteiger partial charge in [0.25, 0.3) is 5.89 Å². The monoisotopic (exact) mass is 341 g/mol. The van der Waals surface area contributed by atoms with Gasteiger partial charge in [-0.15, -0.1) is 10.2 Å². The molecule has 1 aliphatic heterocycles. The molecule has 1 saturated heterocycles. The van der Waals surface area contributed by atoms with E-state index in [4.69, 9.17) is 13.7 Å². The molecule has 2 fully saturated rings. The molecule has 0 bridgehead atoms. The molecule has 25 heavy (non-hydrogen) atoms. The molecule has 8 heteroatoms. The minimum absolute atomic E-state index is 0.0121. The van der Waals surface area contributed by atoms with E-state index in [-0.39, 0.29) is 12.0 Å². The first-order chi connectivity index (χ1) is 12.3. The number of aromatic nitrogens is 5. The number of rotatable bonds is 4. The van der Waals surface area contributed by atoms with Crippen molar-refractivity contribution in [1.82, 2.24) is 24.9 Å². The fourth-order valence-corrected chi connectivity index (χ4v) is 3.38. The maximum Gasteiger partial charge on any atom is 0.286 e. The second kappa shape index (κ2) is 5.80. The van der Waals surface area contributed by atoms with Crippen LogP contribution in [0.25, 0.3) is 11.7 Å². The van der Waals surface area contributed by atoms with Gasteiger partial charge < -0.3 is 18.2 Å². The Hall–Kier alpha value is -2.48. The van der Waals surface area contributed by atoms with E-state index < -0.39 is 0 Å². The molecule has 5 rings (SSSR count). The quantitative estimate of drug-likeness (QED) is 0.720. The van der Waals surface area contributed by atoms with E-state index in [2.05, 4.69) is 20.3 Å². The number of hydrogen-bond acceptors (Lipinski definition) is 7. The zero-order valence-electron chi connectivity index (χ0n) is 14.0. The van der Waals surface area contributed by atoms with Crippen molar-refractivity contribution in [1.29, 1.82) is 0 Å². The molecule has 0 N–H and O–H groups in total. The average Bonchev–Trinajstić information content (AvgIpc) is 3.04. The summed E-state index contributed by atoms with van der Waals surface area (Å²) >= 11 is 0. The van der Waals surface area contributed by atoms with Gasteiger partial charge in [0.2, 0.25) is 11.7 Å². The van der Waals surface area contributed by atoms with E-state index in [1.54, 1.807) is 6.20 Å². The lowest BCUT2D eigenvalue weighted by Crippen LogP contribution is -2.23. The van der Waals surface area contributed by atoms with Crippen LogP contribution >= 0.6 is 0 Å². The molecule has 2 aliphatic rings. The van der Waals surface area contributed by atoms with Gasteiger partial charge in [0.15, 0.2) is 0 Å². The van der Waals surface area contributed by atoms with Gasteiger partial charge in [0.1, 0.15) is 11.9 Å². The molecule has 0 spiro atoms. The normalized spacial score (nSPS) is 23.9.